The van der Waals surface area contributed by atoms with Gasteiger partial charge in [-0.05, 0) is 46.9 Å². The lowest BCUT2D eigenvalue weighted by atomic mass is 9.93. The van der Waals surface area contributed by atoms with E-state index in [0.29, 0.717) is 12.3 Å². The molecule has 182 valence electrons. The summed E-state index contributed by atoms with van der Waals surface area (Å²) in [5, 5.41) is 14.5. The molecule has 0 bridgehead atoms. The van der Waals surface area contributed by atoms with Gasteiger partial charge in [0.2, 0.25) is 5.91 Å². The predicted octanol–water partition coefficient (Wildman–Crippen LogP) is 4.56. The summed E-state index contributed by atoms with van der Waals surface area (Å²) in [5.74, 6) is -1.19. The van der Waals surface area contributed by atoms with Crippen LogP contribution in [-0.2, 0) is 14.3 Å². The van der Waals surface area contributed by atoms with Crippen molar-refractivity contribution in [2.45, 2.75) is 52.0 Å². The number of alkyl carbamates (subject to hydrolysis) is 1. The number of ether oxygens (including phenoxy) is 1. The summed E-state index contributed by atoms with van der Waals surface area (Å²) >= 11 is 0. The predicted molar refractivity (Wildman–Crippen MR) is 130 cm³/mol. The van der Waals surface area contributed by atoms with E-state index in [0.717, 1.165) is 17.5 Å². The van der Waals surface area contributed by atoms with Crippen molar-refractivity contribution < 1.29 is 24.2 Å². The molecule has 34 heavy (non-hydrogen) atoms. The summed E-state index contributed by atoms with van der Waals surface area (Å²) in [7, 11) is 0. The van der Waals surface area contributed by atoms with E-state index in [2.05, 4.69) is 34.9 Å². The molecule has 3 N–H and O–H groups in total. The highest BCUT2D eigenvalue weighted by molar-refractivity contribution is 5.83. The van der Waals surface area contributed by atoms with Gasteiger partial charge in [-0.15, -0.1) is 0 Å². The third kappa shape index (κ3) is 6.37. The molecule has 1 aliphatic carbocycles. The normalized spacial score (nSPS) is 14.1. The summed E-state index contributed by atoms with van der Waals surface area (Å²) in [6.45, 7) is 6.32. The van der Waals surface area contributed by atoms with Crippen LogP contribution in [0.25, 0.3) is 11.1 Å². The van der Waals surface area contributed by atoms with Gasteiger partial charge in [0.1, 0.15) is 12.6 Å². The number of carboxylic acid groups (broad SMARTS) is 1. The number of carboxylic acids is 1. The minimum absolute atomic E-state index is 0.0163. The van der Waals surface area contributed by atoms with Crippen LogP contribution in [0.2, 0.25) is 0 Å². The molecule has 0 unspecified atom stereocenters. The number of fused-ring (bicyclic) bond motifs is 3. The van der Waals surface area contributed by atoms with E-state index < -0.39 is 18.1 Å². The molecule has 7 heteroatoms. The summed E-state index contributed by atoms with van der Waals surface area (Å²) < 4.78 is 5.59. The van der Waals surface area contributed by atoms with Crippen LogP contribution in [0.4, 0.5) is 4.79 Å². The number of aliphatic carboxylic acids is 1. The van der Waals surface area contributed by atoms with Crippen molar-refractivity contribution in [3.05, 3.63) is 59.7 Å². The minimum Gasteiger partial charge on any atom is -0.480 e. The van der Waals surface area contributed by atoms with Gasteiger partial charge in [0.15, 0.2) is 0 Å². The Morgan fingerprint density at radius 2 is 1.59 bits per heavy atom. The van der Waals surface area contributed by atoms with Crippen molar-refractivity contribution in [2.75, 3.05) is 13.2 Å². The van der Waals surface area contributed by atoms with Crippen LogP contribution in [0.15, 0.2) is 48.5 Å². The Balaban J connectivity index is 1.55. The molecule has 0 saturated heterocycles. The van der Waals surface area contributed by atoms with E-state index in [1.807, 2.05) is 38.1 Å². The molecule has 2 amide bonds. The Morgan fingerprint density at radius 1 is 1.00 bits per heavy atom. The Hall–Kier alpha value is -3.35. The minimum atomic E-state index is -1.05. The number of carbonyl (C=O) groups excluding carboxylic acids is 2. The zero-order chi connectivity index (χ0) is 24.7. The van der Waals surface area contributed by atoms with E-state index >= 15 is 0 Å². The van der Waals surface area contributed by atoms with Crippen LogP contribution >= 0.6 is 0 Å². The van der Waals surface area contributed by atoms with Crippen molar-refractivity contribution in [3.63, 3.8) is 0 Å². The highest BCUT2D eigenvalue weighted by Crippen LogP contribution is 2.44. The molecular weight excluding hydrogens is 432 g/mol. The van der Waals surface area contributed by atoms with Gasteiger partial charge in [0, 0.05) is 18.9 Å². The van der Waals surface area contributed by atoms with Gasteiger partial charge in [-0.3, -0.25) is 4.79 Å². The number of rotatable bonds is 11. The zero-order valence-electron chi connectivity index (χ0n) is 20.0. The molecular formula is C27H34N2O5. The molecule has 1 aliphatic rings. The maximum absolute atomic E-state index is 12.5. The van der Waals surface area contributed by atoms with Crippen molar-refractivity contribution >= 4 is 18.0 Å². The largest absolute Gasteiger partial charge is 0.480 e. The summed E-state index contributed by atoms with van der Waals surface area (Å²) in [6.07, 6.45) is 0.661. The number of nitrogens with one attached hydrogen (secondary N) is 2. The first kappa shape index (κ1) is 25.3. The van der Waals surface area contributed by atoms with Gasteiger partial charge in [-0.1, -0.05) is 69.3 Å². The Bertz CT molecular complexity index is 974. The van der Waals surface area contributed by atoms with Crippen LogP contribution in [0.3, 0.4) is 0 Å². The van der Waals surface area contributed by atoms with Crippen LogP contribution < -0.4 is 10.6 Å². The lowest BCUT2D eigenvalue weighted by molar-refractivity contribution is -0.142. The van der Waals surface area contributed by atoms with Crippen molar-refractivity contribution in [1.82, 2.24) is 10.6 Å². The quantitative estimate of drug-likeness (QED) is 0.450. The van der Waals surface area contributed by atoms with E-state index in [1.165, 1.54) is 11.1 Å². The number of hydrogen-bond acceptors (Lipinski definition) is 4. The lowest BCUT2D eigenvalue weighted by Crippen LogP contribution is -2.42. The monoisotopic (exact) mass is 466 g/mol. The van der Waals surface area contributed by atoms with Crippen LogP contribution in [0.1, 0.15) is 57.1 Å². The van der Waals surface area contributed by atoms with Crippen LogP contribution in [0, 0.1) is 11.8 Å². The van der Waals surface area contributed by atoms with E-state index in [-0.39, 0.29) is 37.3 Å². The van der Waals surface area contributed by atoms with Gasteiger partial charge < -0.3 is 20.5 Å². The van der Waals surface area contributed by atoms with E-state index in [1.54, 1.807) is 6.92 Å². The number of hydrogen-bond donors (Lipinski definition) is 3. The van der Waals surface area contributed by atoms with Crippen LogP contribution in [0.5, 0.6) is 0 Å². The van der Waals surface area contributed by atoms with Gasteiger partial charge in [-0.2, -0.15) is 0 Å². The topological polar surface area (TPSA) is 105 Å². The maximum Gasteiger partial charge on any atom is 0.407 e. The molecule has 0 aromatic heterocycles. The second kappa shape index (κ2) is 11.7. The van der Waals surface area contributed by atoms with Gasteiger partial charge in [0.25, 0.3) is 0 Å². The molecule has 0 radical (unpaired) electrons. The zero-order valence-corrected chi connectivity index (χ0v) is 20.0. The second-order valence-electron chi connectivity index (χ2n) is 9.27. The molecule has 3 rings (SSSR count). The van der Waals surface area contributed by atoms with Crippen molar-refractivity contribution in [3.8, 4) is 11.1 Å². The van der Waals surface area contributed by atoms with Gasteiger partial charge >= 0.3 is 12.1 Å². The molecule has 0 fully saturated rings. The molecule has 0 heterocycles. The first-order chi connectivity index (χ1) is 16.3. The molecule has 2 atom stereocenters. The van der Waals surface area contributed by atoms with Crippen molar-refractivity contribution in [1.29, 1.82) is 0 Å². The third-order valence-electron chi connectivity index (χ3n) is 6.20. The van der Waals surface area contributed by atoms with E-state index in [9.17, 15) is 14.4 Å². The summed E-state index contributed by atoms with van der Waals surface area (Å²) in [4.78, 5) is 36.1. The molecule has 0 saturated carbocycles. The fraction of sp³-hybridized carbons (Fsp3) is 0.444. The molecule has 0 aliphatic heterocycles. The molecule has 7 nitrogen and oxygen atoms in total. The fourth-order valence-corrected chi connectivity index (χ4v) is 4.64. The Kier molecular flexibility index (Phi) is 8.68. The smallest absolute Gasteiger partial charge is 0.407 e. The lowest BCUT2D eigenvalue weighted by Gasteiger charge is -2.21. The summed E-state index contributed by atoms with van der Waals surface area (Å²) in [6, 6.07) is 15.4. The first-order valence-corrected chi connectivity index (χ1v) is 11.9. The third-order valence-corrected chi connectivity index (χ3v) is 6.20. The van der Waals surface area contributed by atoms with Crippen LogP contribution in [-0.4, -0.2) is 42.3 Å². The number of carbonyl (C=O) groups is 3. The highest BCUT2D eigenvalue weighted by Gasteiger charge is 2.29. The molecule has 0 spiro atoms. The van der Waals surface area contributed by atoms with E-state index in [4.69, 9.17) is 9.84 Å². The second-order valence-corrected chi connectivity index (χ2v) is 9.27. The average Bonchev–Trinajstić information content (AvgIpc) is 3.13. The van der Waals surface area contributed by atoms with Crippen molar-refractivity contribution in [2.24, 2.45) is 11.8 Å². The first-order valence-electron chi connectivity index (χ1n) is 11.9. The average molecular weight is 467 g/mol. The standard InChI is InChI=1S/C27H34N2O5/c1-4-24(26(31)32)29-25(30)14-18(13-17(2)3)15-28-27(33)34-16-23-21-11-7-5-9-19(21)20-10-6-8-12-22(20)23/h5-12,17-18,23-24H,4,13-16H2,1-3H3,(H,28,33)(H,29,30)(H,31,32)/t18-,24-/m0/s1. The highest BCUT2D eigenvalue weighted by atomic mass is 16.5. The van der Waals surface area contributed by atoms with Gasteiger partial charge in [-0.25, -0.2) is 9.59 Å². The molecule has 2 aromatic rings. The Morgan fingerprint density at radius 3 is 2.12 bits per heavy atom. The number of amides is 2. The fourth-order valence-electron chi connectivity index (χ4n) is 4.64. The maximum atomic E-state index is 12.5. The molecule has 2 aromatic carbocycles. The SMILES string of the molecule is CC[C@H](NC(=O)C[C@@H](CNC(=O)OCC1c2ccccc2-c2ccccc21)CC(C)C)C(=O)O. The Labute approximate surface area is 200 Å². The number of benzene rings is 2. The summed E-state index contributed by atoms with van der Waals surface area (Å²) in [5.41, 5.74) is 4.63. The van der Waals surface area contributed by atoms with Gasteiger partial charge in [0.05, 0.1) is 0 Å².